The monoisotopic (exact) mass is 294 g/mol. The lowest BCUT2D eigenvalue weighted by atomic mass is 10.0. The first kappa shape index (κ1) is 17.0. The molecule has 0 saturated carbocycles. The van der Waals surface area contributed by atoms with Gasteiger partial charge in [-0.15, -0.1) is 0 Å². The van der Waals surface area contributed by atoms with Crippen LogP contribution in [0.2, 0.25) is 0 Å². The Hall–Kier alpha value is -2.08. The van der Waals surface area contributed by atoms with Gasteiger partial charge in [0.15, 0.2) is 0 Å². The highest BCUT2D eigenvalue weighted by Crippen LogP contribution is 2.31. The van der Waals surface area contributed by atoms with Crippen LogP contribution in [-0.4, -0.2) is 38.7 Å². The Morgan fingerprint density at radius 1 is 1.29 bits per heavy atom. The van der Waals surface area contributed by atoms with Crippen LogP contribution >= 0.6 is 0 Å². The van der Waals surface area contributed by atoms with E-state index < -0.39 is 12.0 Å². The zero-order chi connectivity index (χ0) is 16.2. The SMILES string of the molecule is COCC(=O)N(c1c(N)ccc(C)c1C)C(C)C(=O)OC. The van der Waals surface area contributed by atoms with E-state index in [-0.39, 0.29) is 12.5 Å². The Labute approximate surface area is 124 Å². The number of nitrogens with two attached hydrogens (primary N) is 1. The number of esters is 1. The van der Waals surface area contributed by atoms with Crippen LogP contribution in [0.5, 0.6) is 0 Å². The van der Waals surface area contributed by atoms with Crippen LogP contribution in [0.15, 0.2) is 12.1 Å². The van der Waals surface area contributed by atoms with Crippen LogP contribution in [0.25, 0.3) is 0 Å². The van der Waals surface area contributed by atoms with Gasteiger partial charge in [-0.3, -0.25) is 9.69 Å². The maximum absolute atomic E-state index is 12.4. The number of anilines is 2. The van der Waals surface area contributed by atoms with E-state index in [1.165, 1.54) is 19.1 Å². The van der Waals surface area contributed by atoms with E-state index in [0.29, 0.717) is 11.4 Å². The third kappa shape index (κ3) is 3.52. The molecule has 0 heterocycles. The van der Waals surface area contributed by atoms with E-state index in [0.717, 1.165) is 11.1 Å². The third-order valence-corrected chi connectivity index (χ3v) is 3.44. The second-order valence-electron chi connectivity index (χ2n) is 4.84. The van der Waals surface area contributed by atoms with Crippen molar-refractivity contribution in [3.05, 3.63) is 23.3 Å². The molecule has 1 atom stereocenters. The molecule has 6 heteroatoms. The summed E-state index contributed by atoms with van der Waals surface area (Å²) in [6.45, 7) is 5.23. The molecule has 0 aliphatic carbocycles. The fourth-order valence-corrected chi connectivity index (χ4v) is 2.15. The van der Waals surface area contributed by atoms with E-state index in [1.54, 1.807) is 13.0 Å². The van der Waals surface area contributed by atoms with E-state index >= 15 is 0 Å². The number of amides is 1. The molecule has 0 fully saturated rings. The van der Waals surface area contributed by atoms with Crippen molar-refractivity contribution in [2.24, 2.45) is 0 Å². The highest BCUT2D eigenvalue weighted by Gasteiger charge is 2.30. The summed E-state index contributed by atoms with van der Waals surface area (Å²) in [5.41, 5.74) is 8.79. The molecule has 6 nitrogen and oxygen atoms in total. The molecule has 0 bridgehead atoms. The average Bonchev–Trinajstić information content (AvgIpc) is 2.46. The molecule has 0 radical (unpaired) electrons. The summed E-state index contributed by atoms with van der Waals surface area (Å²) in [6, 6.07) is 2.80. The first-order chi connectivity index (χ1) is 9.84. The normalized spacial score (nSPS) is 11.9. The van der Waals surface area contributed by atoms with E-state index in [9.17, 15) is 9.59 Å². The number of ether oxygens (including phenoxy) is 2. The lowest BCUT2D eigenvalue weighted by molar-refractivity contribution is -0.143. The first-order valence-corrected chi connectivity index (χ1v) is 6.59. The van der Waals surface area contributed by atoms with Crippen molar-refractivity contribution in [3.8, 4) is 0 Å². The fourth-order valence-electron chi connectivity index (χ4n) is 2.15. The summed E-state index contributed by atoms with van der Waals surface area (Å²) in [5.74, 6) is -0.865. The molecule has 1 rings (SSSR count). The van der Waals surface area contributed by atoms with Crippen molar-refractivity contribution in [1.82, 2.24) is 0 Å². The number of methoxy groups -OCH3 is 2. The van der Waals surface area contributed by atoms with Gasteiger partial charge >= 0.3 is 5.97 Å². The summed E-state index contributed by atoms with van der Waals surface area (Å²) in [4.78, 5) is 25.5. The second kappa shape index (κ2) is 7.08. The molecule has 1 amide bonds. The van der Waals surface area contributed by atoms with Gasteiger partial charge in [-0.1, -0.05) is 6.07 Å². The van der Waals surface area contributed by atoms with Crippen LogP contribution in [0.1, 0.15) is 18.1 Å². The third-order valence-electron chi connectivity index (χ3n) is 3.44. The Morgan fingerprint density at radius 3 is 2.43 bits per heavy atom. The first-order valence-electron chi connectivity index (χ1n) is 6.59. The van der Waals surface area contributed by atoms with E-state index in [1.807, 2.05) is 19.9 Å². The predicted octanol–water partition coefficient (Wildman–Crippen LogP) is 1.43. The van der Waals surface area contributed by atoms with Gasteiger partial charge in [0, 0.05) is 7.11 Å². The Morgan fingerprint density at radius 2 is 1.90 bits per heavy atom. The molecule has 2 N–H and O–H groups in total. The molecule has 21 heavy (non-hydrogen) atoms. The molecular weight excluding hydrogens is 272 g/mol. The molecule has 0 aliphatic rings. The van der Waals surface area contributed by atoms with Crippen molar-refractivity contribution in [2.75, 3.05) is 31.5 Å². The Balaban J connectivity index is 3.41. The summed E-state index contributed by atoms with van der Waals surface area (Å²) < 4.78 is 9.63. The van der Waals surface area contributed by atoms with E-state index in [4.69, 9.17) is 15.2 Å². The van der Waals surface area contributed by atoms with Gasteiger partial charge in [-0.25, -0.2) is 4.79 Å². The van der Waals surface area contributed by atoms with Gasteiger partial charge in [0.05, 0.1) is 18.5 Å². The van der Waals surface area contributed by atoms with Crippen LogP contribution < -0.4 is 10.6 Å². The van der Waals surface area contributed by atoms with Crippen LogP contribution in [0, 0.1) is 13.8 Å². The summed E-state index contributed by atoms with van der Waals surface area (Å²) in [6.07, 6.45) is 0. The highest BCUT2D eigenvalue weighted by molar-refractivity contribution is 6.03. The van der Waals surface area contributed by atoms with Crippen molar-refractivity contribution >= 4 is 23.3 Å². The minimum Gasteiger partial charge on any atom is -0.467 e. The van der Waals surface area contributed by atoms with Crippen LogP contribution in [0.4, 0.5) is 11.4 Å². The van der Waals surface area contributed by atoms with Crippen molar-refractivity contribution in [3.63, 3.8) is 0 Å². The highest BCUT2D eigenvalue weighted by atomic mass is 16.5. The lowest BCUT2D eigenvalue weighted by Gasteiger charge is -2.30. The molecule has 1 unspecified atom stereocenters. The minimum absolute atomic E-state index is 0.145. The lowest BCUT2D eigenvalue weighted by Crippen LogP contribution is -2.46. The van der Waals surface area contributed by atoms with Crippen LogP contribution in [-0.2, 0) is 19.1 Å². The number of rotatable bonds is 5. The molecule has 1 aromatic carbocycles. The molecule has 0 spiro atoms. The zero-order valence-electron chi connectivity index (χ0n) is 13.1. The average molecular weight is 294 g/mol. The molecule has 116 valence electrons. The second-order valence-corrected chi connectivity index (χ2v) is 4.84. The number of nitrogen functional groups attached to an aromatic ring is 1. The minimum atomic E-state index is -0.791. The number of carbonyl (C=O) groups excluding carboxylic acids is 2. The van der Waals surface area contributed by atoms with Crippen molar-refractivity contribution in [1.29, 1.82) is 0 Å². The zero-order valence-corrected chi connectivity index (χ0v) is 13.1. The van der Waals surface area contributed by atoms with Gasteiger partial charge < -0.3 is 15.2 Å². The number of aryl methyl sites for hydroxylation is 1. The van der Waals surface area contributed by atoms with Gasteiger partial charge in [-0.2, -0.15) is 0 Å². The van der Waals surface area contributed by atoms with Gasteiger partial charge in [0.1, 0.15) is 12.6 Å². The molecule has 0 aromatic heterocycles. The van der Waals surface area contributed by atoms with E-state index in [2.05, 4.69) is 0 Å². The van der Waals surface area contributed by atoms with Crippen molar-refractivity contribution in [2.45, 2.75) is 26.8 Å². The number of benzene rings is 1. The predicted molar refractivity (Wildman–Crippen MR) is 81.2 cm³/mol. The molecule has 0 saturated heterocycles. The number of hydrogen-bond acceptors (Lipinski definition) is 5. The summed E-state index contributed by atoms with van der Waals surface area (Å²) in [5, 5.41) is 0. The topological polar surface area (TPSA) is 81.9 Å². The molecular formula is C15H22N2O4. The largest absolute Gasteiger partial charge is 0.467 e. The quantitative estimate of drug-likeness (QED) is 0.656. The standard InChI is InChI=1S/C15H22N2O4/c1-9-6-7-12(16)14(10(9)2)17(13(18)8-20-4)11(3)15(19)21-5/h6-7,11H,8,16H2,1-5H3. The number of hydrogen-bond donors (Lipinski definition) is 1. The maximum Gasteiger partial charge on any atom is 0.328 e. The summed E-state index contributed by atoms with van der Waals surface area (Å²) >= 11 is 0. The number of carbonyl (C=O) groups is 2. The van der Waals surface area contributed by atoms with Crippen molar-refractivity contribution < 1.29 is 19.1 Å². The fraction of sp³-hybridized carbons (Fsp3) is 0.467. The van der Waals surface area contributed by atoms with Gasteiger partial charge in [0.2, 0.25) is 0 Å². The van der Waals surface area contributed by atoms with Gasteiger partial charge in [0.25, 0.3) is 5.91 Å². The van der Waals surface area contributed by atoms with Crippen LogP contribution in [0.3, 0.4) is 0 Å². The smallest absolute Gasteiger partial charge is 0.328 e. The Bertz CT molecular complexity index is 543. The number of nitrogens with zero attached hydrogens (tertiary/aromatic N) is 1. The Kier molecular flexibility index (Phi) is 5.72. The summed E-state index contributed by atoms with van der Waals surface area (Å²) in [7, 11) is 2.70. The molecule has 1 aromatic rings. The molecule has 0 aliphatic heterocycles. The van der Waals surface area contributed by atoms with Gasteiger partial charge in [-0.05, 0) is 38.0 Å². The maximum atomic E-state index is 12.4.